The Hall–Kier alpha value is -1.37. The molecule has 1 N–H and O–H groups in total. The van der Waals surface area contributed by atoms with Crippen LogP contribution in [0.5, 0.6) is 0 Å². The first-order chi connectivity index (χ1) is 11.6. The van der Waals surface area contributed by atoms with Crippen LogP contribution < -0.4 is 5.32 Å². The Balaban J connectivity index is 1.70. The van der Waals surface area contributed by atoms with E-state index in [2.05, 4.69) is 27.5 Å². The first-order valence-corrected chi connectivity index (χ1v) is 9.45. The highest BCUT2D eigenvalue weighted by Crippen LogP contribution is 2.37. The molecule has 1 aliphatic rings. The lowest BCUT2D eigenvalue weighted by atomic mass is 9.93. The fraction of sp³-hybridized carbons (Fsp3) is 0.412. The van der Waals surface area contributed by atoms with Crippen molar-refractivity contribution in [2.75, 3.05) is 31.7 Å². The minimum absolute atomic E-state index is 0.165. The summed E-state index contributed by atoms with van der Waals surface area (Å²) in [5, 5.41) is 12.7. The summed E-state index contributed by atoms with van der Waals surface area (Å²) in [4.78, 5) is 2.26. The summed E-state index contributed by atoms with van der Waals surface area (Å²) in [6.07, 6.45) is 3.02. The zero-order valence-electron chi connectivity index (χ0n) is 13.7. The number of aromatic nitrogens is 2. The molecular weight excluding hydrogens is 347 g/mol. The average molecular weight is 367 g/mol. The zero-order chi connectivity index (χ0) is 17.1. The van der Waals surface area contributed by atoms with Crippen molar-refractivity contribution in [3.05, 3.63) is 46.7 Å². The number of hydrogen-bond acceptors (Lipinski definition) is 5. The second-order valence-electron chi connectivity index (χ2n) is 5.99. The topological polar surface area (TPSA) is 41.0 Å². The Morgan fingerprint density at radius 1 is 1.33 bits per heavy atom. The molecule has 0 spiro atoms. The molecule has 1 aliphatic heterocycles. The lowest BCUT2D eigenvalue weighted by Gasteiger charge is -2.26. The van der Waals surface area contributed by atoms with Crippen LogP contribution in [0.2, 0.25) is 5.02 Å². The van der Waals surface area contributed by atoms with Gasteiger partial charge in [0.15, 0.2) is 0 Å². The normalized spacial score (nSPS) is 21.2. The van der Waals surface area contributed by atoms with E-state index in [0.29, 0.717) is 5.92 Å². The van der Waals surface area contributed by atoms with Crippen LogP contribution in [0.15, 0.2) is 35.4 Å². The third-order valence-corrected chi connectivity index (χ3v) is 5.40. The van der Waals surface area contributed by atoms with Gasteiger partial charge in [0.1, 0.15) is 16.7 Å². The largest absolute Gasteiger partial charge is 0.368 e. The molecule has 0 radical (unpaired) electrons. The van der Waals surface area contributed by atoms with E-state index in [-0.39, 0.29) is 16.9 Å². The van der Waals surface area contributed by atoms with Crippen molar-refractivity contribution in [3.63, 3.8) is 0 Å². The molecule has 1 aromatic carbocycles. The summed E-state index contributed by atoms with van der Waals surface area (Å²) < 4.78 is 13.8. The van der Waals surface area contributed by atoms with Gasteiger partial charge in [0.2, 0.25) is 0 Å². The van der Waals surface area contributed by atoms with Gasteiger partial charge in [0.05, 0.1) is 5.02 Å². The van der Waals surface area contributed by atoms with Gasteiger partial charge in [0, 0.05) is 12.6 Å². The van der Waals surface area contributed by atoms with E-state index in [1.807, 2.05) is 24.5 Å². The summed E-state index contributed by atoms with van der Waals surface area (Å²) in [5.41, 5.74) is 0.965. The van der Waals surface area contributed by atoms with Crippen LogP contribution in [0.25, 0.3) is 0 Å². The monoisotopic (exact) mass is 366 g/mol. The lowest BCUT2D eigenvalue weighted by molar-refractivity contribution is 0.281. The van der Waals surface area contributed by atoms with Gasteiger partial charge < -0.3 is 5.32 Å². The van der Waals surface area contributed by atoms with E-state index >= 15 is 0 Å². The Labute approximate surface area is 150 Å². The van der Waals surface area contributed by atoms with Gasteiger partial charge in [0.25, 0.3) is 0 Å². The number of likely N-dealkylation sites (tertiary alicyclic amines) is 1. The molecule has 0 saturated carbocycles. The highest BCUT2D eigenvalue weighted by molar-refractivity contribution is 7.98. The van der Waals surface area contributed by atoms with Gasteiger partial charge in [-0.3, -0.25) is 4.90 Å². The number of nitrogens with zero attached hydrogens (tertiary/aromatic N) is 3. The summed E-state index contributed by atoms with van der Waals surface area (Å²) in [7, 11) is 2.07. The molecule has 2 heterocycles. The quantitative estimate of drug-likeness (QED) is 0.807. The minimum Gasteiger partial charge on any atom is -0.368 e. The zero-order valence-corrected chi connectivity index (χ0v) is 15.2. The summed E-state index contributed by atoms with van der Waals surface area (Å²) >= 11 is 7.38. The van der Waals surface area contributed by atoms with Gasteiger partial charge in [-0.15, -0.1) is 22.0 Å². The van der Waals surface area contributed by atoms with Crippen molar-refractivity contribution in [1.29, 1.82) is 0 Å². The molecule has 1 fully saturated rings. The van der Waals surface area contributed by atoms with Crippen molar-refractivity contribution in [3.8, 4) is 0 Å². The Kier molecular flexibility index (Phi) is 5.58. The van der Waals surface area contributed by atoms with E-state index in [4.69, 9.17) is 11.6 Å². The van der Waals surface area contributed by atoms with Crippen molar-refractivity contribution in [2.24, 2.45) is 5.92 Å². The Morgan fingerprint density at radius 3 is 2.83 bits per heavy atom. The van der Waals surface area contributed by atoms with Gasteiger partial charge >= 0.3 is 0 Å². The standard InChI is InChI=1S/C17H20ClFN4S/c1-23-8-7-12(10-20-15-5-6-16(24-2)22-21-15)17(23)11-3-4-13(18)14(19)9-11/h3-6,9,12,17H,7-8,10H2,1-2H3,(H,20,21). The number of rotatable bonds is 5. The molecule has 7 heteroatoms. The number of thioether (sulfide) groups is 1. The van der Waals surface area contributed by atoms with Gasteiger partial charge in [-0.25, -0.2) is 4.39 Å². The Morgan fingerprint density at radius 2 is 2.17 bits per heavy atom. The molecule has 128 valence electrons. The molecule has 0 amide bonds. The number of benzene rings is 1. The second kappa shape index (κ2) is 7.68. The average Bonchev–Trinajstić information content (AvgIpc) is 2.96. The van der Waals surface area contributed by atoms with Crippen molar-refractivity contribution in [1.82, 2.24) is 15.1 Å². The van der Waals surface area contributed by atoms with E-state index in [9.17, 15) is 4.39 Å². The van der Waals surface area contributed by atoms with Crippen LogP contribution >= 0.6 is 23.4 Å². The van der Waals surface area contributed by atoms with Gasteiger partial charge in [-0.1, -0.05) is 17.7 Å². The number of hydrogen-bond donors (Lipinski definition) is 1. The molecule has 4 nitrogen and oxygen atoms in total. The summed E-state index contributed by atoms with van der Waals surface area (Å²) in [6.45, 7) is 1.75. The highest BCUT2D eigenvalue weighted by Gasteiger charge is 2.33. The van der Waals surface area contributed by atoms with Crippen LogP contribution in [0, 0.1) is 11.7 Å². The van der Waals surface area contributed by atoms with E-state index in [1.165, 1.54) is 0 Å². The summed E-state index contributed by atoms with van der Waals surface area (Å²) in [6, 6.07) is 9.16. The second-order valence-corrected chi connectivity index (χ2v) is 7.22. The Bertz CT molecular complexity index is 697. The smallest absolute Gasteiger partial charge is 0.148 e. The molecule has 1 aromatic heterocycles. The van der Waals surface area contributed by atoms with E-state index in [0.717, 1.165) is 35.9 Å². The molecular formula is C17H20ClFN4S. The first kappa shape index (κ1) is 17.5. The third kappa shape index (κ3) is 3.82. The molecule has 0 aliphatic carbocycles. The maximum absolute atomic E-state index is 13.8. The maximum Gasteiger partial charge on any atom is 0.148 e. The molecule has 2 aromatic rings. The minimum atomic E-state index is -0.361. The molecule has 2 unspecified atom stereocenters. The van der Waals surface area contributed by atoms with Crippen molar-refractivity contribution >= 4 is 29.2 Å². The van der Waals surface area contributed by atoms with Crippen molar-refractivity contribution < 1.29 is 4.39 Å². The van der Waals surface area contributed by atoms with Gasteiger partial charge in [-0.05, 0) is 62.0 Å². The molecule has 2 atom stereocenters. The molecule has 24 heavy (non-hydrogen) atoms. The molecule has 0 bridgehead atoms. The fourth-order valence-corrected chi connectivity index (χ4v) is 3.67. The predicted molar refractivity (Wildman–Crippen MR) is 97.2 cm³/mol. The first-order valence-electron chi connectivity index (χ1n) is 7.85. The van der Waals surface area contributed by atoms with E-state index < -0.39 is 0 Å². The predicted octanol–water partition coefficient (Wildman–Crippen LogP) is 4.10. The van der Waals surface area contributed by atoms with Gasteiger partial charge in [-0.2, -0.15) is 0 Å². The van der Waals surface area contributed by atoms with Crippen LogP contribution in [-0.4, -0.2) is 41.5 Å². The van der Waals surface area contributed by atoms with Crippen LogP contribution in [-0.2, 0) is 0 Å². The third-order valence-electron chi connectivity index (χ3n) is 4.45. The van der Waals surface area contributed by atoms with E-state index in [1.54, 1.807) is 23.9 Å². The molecule has 3 rings (SSSR count). The molecule has 1 saturated heterocycles. The fourth-order valence-electron chi connectivity index (χ4n) is 3.22. The lowest BCUT2D eigenvalue weighted by Crippen LogP contribution is -2.25. The van der Waals surface area contributed by atoms with Crippen LogP contribution in [0.4, 0.5) is 10.2 Å². The van der Waals surface area contributed by atoms with Crippen molar-refractivity contribution in [2.45, 2.75) is 17.5 Å². The number of anilines is 1. The SMILES string of the molecule is CSc1ccc(NCC2CCN(C)C2c2ccc(Cl)c(F)c2)nn1. The summed E-state index contributed by atoms with van der Waals surface area (Å²) in [5.74, 6) is 0.778. The number of halogens is 2. The maximum atomic E-state index is 13.8. The van der Waals surface area contributed by atoms with Crippen LogP contribution in [0.3, 0.4) is 0 Å². The van der Waals surface area contributed by atoms with Crippen LogP contribution in [0.1, 0.15) is 18.0 Å². The number of nitrogens with one attached hydrogen (secondary N) is 1. The highest BCUT2D eigenvalue weighted by atomic mass is 35.5.